The van der Waals surface area contributed by atoms with Gasteiger partial charge in [-0.1, -0.05) is 0 Å². The van der Waals surface area contributed by atoms with Crippen LogP contribution in [0.5, 0.6) is 35.3 Å². The Hall–Kier alpha value is -4.20. The van der Waals surface area contributed by atoms with Gasteiger partial charge in [0.25, 0.3) is 30.4 Å². The average Bonchev–Trinajstić information content (AvgIpc) is 2.83. The standard InChI is InChI=1S/C21H15N3O12S3/c25-37(26,27)16-7-1-13(2-8-16)34-19-22-20(35-14-3-9-17(10-4-14)38(28,29)30)24-21(23-19)36-15-5-11-18(12-6-15)39(31,32)33/h1-12H,(H,25,26,27)(H,28,29,30)(H,31,32,33). The molecular weight excluding hydrogens is 582 g/mol. The summed E-state index contributed by atoms with van der Waals surface area (Å²) in [4.78, 5) is 10.7. The summed E-state index contributed by atoms with van der Waals surface area (Å²) in [6.45, 7) is 0. The molecule has 1 heterocycles. The molecule has 0 aliphatic carbocycles. The highest BCUT2D eigenvalue weighted by Gasteiger charge is 2.16. The van der Waals surface area contributed by atoms with Gasteiger partial charge in [-0.3, -0.25) is 13.7 Å². The van der Waals surface area contributed by atoms with Gasteiger partial charge in [-0.2, -0.15) is 25.3 Å². The fourth-order valence-corrected chi connectivity index (χ4v) is 4.25. The first-order valence-electron chi connectivity index (χ1n) is 10.2. The second kappa shape index (κ2) is 10.5. The molecule has 204 valence electrons. The molecule has 4 aromatic rings. The van der Waals surface area contributed by atoms with Crippen LogP contribution in [0, 0.1) is 0 Å². The molecule has 0 bridgehead atoms. The van der Waals surface area contributed by atoms with Crippen LogP contribution in [0.1, 0.15) is 0 Å². The van der Waals surface area contributed by atoms with E-state index in [0.29, 0.717) is 0 Å². The van der Waals surface area contributed by atoms with Crippen LogP contribution in [0.3, 0.4) is 0 Å². The van der Waals surface area contributed by atoms with E-state index in [1.165, 1.54) is 36.4 Å². The van der Waals surface area contributed by atoms with E-state index in [1.807, 2.05) is 0 Å². The fraction of sp³-hybridized carbons (Fsp3) is 0. The van der Waals surface area contributed by atoms with Gasteiger partial charge in [0.15, 0.2) is 0 Å². The molecule has 0 spiro atoms. The summed E-state index contributed by atoms with van der Waals surface area (Å²) in [5, 5.41) is 0. The van der Waals surface area contributed by atoms with Gasteiger partial charge in [0.2, 0.25) is 0 Å². The number of benzene rings is 3. The highest BCUT2D eigenvalue weighted by Crippen LogP contribution is 2.28. The summed E-state index contributed by atoms with van der Waals surface area (Å²) in [6, 6.07) is 12.4. The summed E-state index contributed by atoms with van der Waals surface area (Å²) < 4.78 is 111. The van der Waals surface area contributed by atoms with Crippen molar-refractivity contribution in [3.8, 4) is 35.3 Å². The van der Waals surface area contributed by atoms with Gasteiger partial charge in [0.1, 0.15) is 17.2 Å². The van der Waals surface area contributed by atoms with Crippen LogP contribution in [0.15, 0.2) is 87.5 Å². The largest absolute Gasteiger partial charge is 0.424 e. The zero-order valence-corrected chi connectivity index (χ0v) is 21.5. The van der Waals surface area contributed by atoms with Crippen LogP contribution in [0.2, 0.25) is 0 Å². The van der Waals surface area contributed by atoms with Gasteiger partial charge in [-0.25, -0.2) is 0 Å². The molecular formula is C21H15N3O12S3. The smallest absolute Gasteiger partial charge is 0.331 e. The van der Waals surface area contributed by atoms with Crippen molar-refractivity contribution in [3.63, 3.8) is 0 Å². The Morgan fingerprint density at radius 1 is 0.410 bits per heavy atom. The molecule has 0 amide bonds. The van der Waals surface area contributed by atoms with E-state index in [4.69, 9.17) is 27.9 Å². The Bertz CT molecular complexity index is 1600. The SMILES string of the molecule is O=S(=O)(O)c1ccc(Oc2nc(Oc3ccc(S(=O)(=O)O)cc3)nc(Oc3ccc(S(=O)(=O)O)cc3)n2)cc1. The second-order valence-electron chi connectivity index (χ2n) is 7.33. The van der Waals surface area contributed by atoms with Gasteiger partial charge in [0.05, 0.1) is 14.7 Å². The van der Waals surface area contributed by atoms with Gasteiger partial charge in [-0.05, 0) is 72.8 Å². The van der Waals surface area contributed by atoms with Crippen LogP contribution >= 0.6 is 0 Å². The highest BCUT2D eigenvalue weighted by atomic mass is 32.2. The molecule has 3 N–H and O–H groups in total. The van der Waals surface area contributed by atoms with E-state index in [-0.39, 0.29) is 31.9 Å². The maximum atomic E-state index is 11.2. The minimum absolute atomic E-state index is 0.0421. The van der Waals surface area contributed by atoms with E-state index in [0.717, 1.165) is 36.4 Å². The van der Waals surface area contributed by atoms with Gasteiger partial charge in [0, 0.05) is 0 Å². The number of hydrogen-bond donors (Lipinski definition) is 3. The van der Waals surface area contributed by atoms with Crippen LogP contribution < -0.4 is 14.2 Å². The van der Waals surface area contributed by atoms with Gasteiger partial charge < -0.3 is 14.2 Å². The van der Waals surface area contributed by atoms with E-state index in [2.05, 4.69) is 15.0 Å². The first-order chi connectivity index (χ1) is 18.2. The van der Waals surface area contributed by atoms with E-state index >= 15 is 0 Å². The van der Waals surface area contributed by atoms with Crippen molar-refractivity contribution in [2.24, 2.45) is 0 Å². The molecule has 0 saturated heterocycles. The number of aromatic nitrogens is 3. The van der Waals surface area contributed by atoms with Crippen molar-refractivity contribution in [3.05, 3.63) is 72.8 Å². The van der Waals surface area contributed by atoms with Gasteiger partial charge >= 0.3 is 18.0 Å². The second-order valence-corrected chi connectivity index (χ2v) is 11.6. The predicted molar refractivity (Wildman–Crippen MR) is 129 cm³/mol. The Labute approximate surface area is 220 Å². The van der Waals surface area contributed by atoms with Crippen LogP contribution in [0.4, 0.5) is 0 Å². The summed E-state index contributed by atoms with van der Waals surface area (Å²) >= 11 is 0. The Kier molecular flexibility index (Phi) is 7.50. The Balaban J connectivity index is 1.65. The summed E-state index contributed by atoms with van der Waals surface area (Å²) in [7, 11) is -13.3. The lowest BCUT2D eigenvalue weighted by molar-refractivity contribution is 0.362. The third-order valence-electron chi connectivity index (χ3n) is 4.57. The van der Waals surface area contributed by atoms with Crippen molar-refractivity contribution in [1.29, 1.82) is 0 Å². The average molecular weight is 598 g/mol. The topological polar surface area (TPSA) is 229 Å². The summed E-state index contributed by atoms with van der Waals surface area (Å²) in [5.74, 6) is 0.126. The molecule has 0 fully saturated rings. The Morgan fingerprint density at radius 3 is 0.795 bits per heavy atom. The van der Waals surface area contributed by atoms with Crippen molar-refractivity contribution in [2.45, 2.75) is 14.7 Å². The van der Waals surface area contributed by atoms with E-state index < -0.39 is 48.4 Å². The zero-order valence-electron chi connectivity index (χ0n) is 19.0. The van der Waals surface area contributed by atoms with Crippen molar-refractivity contribution in [1.82, 2.24) is 15.0 Å². The maximum Gasteiger partial charge on any atom is 0.331 e. The molecule has 4 rings (SSSR count). The molecule has 15 nitrogen and oxygen atoms in total. The number of nitrogens with zero attached hydrogens (tertiary/aromatic N) is 3. The molecule has 39 heavy (non-hydrogen) atoms. The molecule has 0 radical (unpaired) electrons. The molecule has 18 heteroatoms. The first-order valence-corrected chi connectivity index (χ1v) is 14.5. The van der Waals surface area contributed by atoms with Crippen LogP contribution in [0.25, 0.3) is 0 Å². The maximum absolute atomic E-state index is 11.2. The summed E-state index contributed by atoms with van der Waals surface area (Å²) in [6.07, 6.45) is 0. The zero-order chi connectivity index (χ0) is 28.4. The van der Waals surface area contributed by atoms with Crippen LogP contribution in [-0.2, 0) is 30.4 Å². The monoisotopic (exact) mass is 597 g/mol. The molecule has 1 aromatic heterocycles. The lowest BCUT2D eigenvalue weighted by Gasteiger charge is -2.10. The number of hydrogen-bond acceptors (Lipinski definition) is 12. The van der Waals surface area contributed by atoms with Crippen molar-refractivity contribution < 1.29 is 53.1 Å². The first kappa shape index (κ1) is 27.8. The lowest BCUT2D eigenvalue weighted by Crippen LogP contribution is -2.02. The Morgan fingerprint density at radius 2 is 0.615 bits per heavy atom. The third kappa shape index (κ3) is 7.44. The van der Waals surface area contributed by atoms with Crippen molar-refractivity contribution in [2.75, 3.05) is 0 Å². The molecule has 0 unspecified atom stereocenters. The molecule has 3 aromatic carbocycles. The third-order valence-corrected chi connectivity index (χ3v) is 7.17. The highest BCUT2D eigenvalue weighted by molar-refractivity contribution is 7.86. The number of rotatable bonds is 9. The minimum atomic E-state index is -4.44. The van der Waals surface area contributed by atoms with Gasteiger partial charge in [-0.15, -0.1) is 15.0 Å². The van der Waals surface area contributed by atoms with E-state index in [1.54, 1.807) is 0 Å². The van der Waals surface area contributed by atoms with Crippen molar-refractivity contribution >= 4 is 30.4 Å². The molecule has 0 aliphatic rings. The van der Waals surface area contributed by atoms with Crippen LogP contribution in [-0.4, -0.2) is 53.9 Å². The molecule has 0 aliphatic heterocycles. The summed E-state index contributed by atoms with van der Waals surface area (Å²) in [5.41, 5.74) is 0. The fourth-order valence-electron chi connectivity index (χ4n) is 2.81. The van der Waals surface area contributed by atoms with E-state index in [9.17, 15) is 25.3 Å². The lowest BCUT2D eigenvalue weighted by atomic mass is 10.3. The quantitative estimate of drug-likeness (QED) is 0.235. The normalized spacial score (nSPS) is 12.1. The predicted octanol–water partition coefficient (Wildman–Crippen LogP) is 2.99. The molecule has 0 atom stereocenters. The minimum Gasteiger partial charge on any atom is -0.424 e. The molecule has 0 saturated carbocycles. The number of ether oxygens (including phenoxy) is 3.